The van der Waals surface area contributed by atoms with Crippen LogP contribution in [0.15, 0.2) is 24.3 Å². The molecular weight excluding hydrogens is 408 g/mol. The summed E-state index contributed by atoms with van der Waals surface area (Å²) in [5, 5.41) is 0. The predicted octanol–water partition coefficient (Wildman–Crippen LogP) is 4.92. The first-order valence-corrected chi connectivity index (χ1v) is 11.7. The molecule has 0 N–H and O–H groups in total. The zero-order valence-corrected chi connectivity index (χ0v) is 19.7. The summed E-state index contributed by atoms with van der Waals surface area (Å²) < 4.78 is 27.4. The van der Waals surface area contributed by atoms with Gasteiger partial charge in [0.05, 0.1) is 19.1 Å². The molecule has 4 rings (SSSR count). The van der Waals surface area contributed by atoms with Crippen LogP contribution < -0.4 is 4.74 Å². The van der Waals surface area contributed by atoms with E-state index in [1.165, 1.54) is 5.56 Å². The molecule has 5 atom stereocenters. The fourth-order valence-electron chi connectivity index (χ4n) is 6.36. The molecule has 0 bridgehead atoms. The molecule has 1 aromatic rings. The van der Waals surface area contributed by atoms with Gasteiger partial charge in [-0.25, -0.2) is 0 Å². The predicted molar refractivity (Wildman–Crippen MR) is 121 cm³/mol. The monoisotopic (exact) mass is 444 g/mol. The summed E-state index contributed by atoms with van der Waals surface area (Å²) in [5.74, 6) is 1.95. The number of hydrogen-bond acceptors (Lipinski definition) is 6. The highest BCUT2D eigenvalue weighted by molar-refractivity contribution is 5.87. The molecule has 3 aliphatic carbocycles. The highest BCUT2D eigenvalue weighted by Gasteiger charge is 2.55. The minimum absolute atomic E-state index is 0.129. The van der Waals surface area contributed by atoms with Crippen molar-refractivity contribution in [1.82, 2.24) is 0 Å². The normalized spacial score (nSPS) is 30.7. The molecule has 6 nitrogen and oxygen atoms in total. The SMILES string of the molecule is CCOC(=O)CC1=C[C@@H]2[C@H](CC[C@]3(C)[C@@H](OCOC)CC[C@@H]23)c2ccc(OCOC)cc21. The van der Waals surface area contributed by atoms with Gasteiger partial charge in [-0.2, -0.15) is 0 Å². The lowest BCUT2D eigenvalue weighted by molar-refractivity contribution is -0.141. The molecule has 2 fully saturated rings. The van der Waals surface area contributed by atoms with Gasteiger partial charge in [-0.3, -0.25) is 4.79 Å². The first kappa shape index (κ1) is 23.3. The summed E-state index contributed by atoms with van der Waals surface area (Å²) >= 11 is 0. The van der Waals surface area contributed by atoms with E-state index in [1.807, 2.05) is 13.0 Å². The third-order valence-corrected chi connectivity index (χ3v) is 7.78. The zero-order chi connectivity index (χ0) is 22.7. The van der Waals surface area contributed by atoms with Crippen molar-refractivity contribution in [2.75, 3.05) is 34.4 Å². The maximum absolute atomic E-state index is 12.5. The van der Waals surface area contributed by atoms with Crippen molar-refractivity contribution in [3.05, 3.63) is 35.4 Å². The largest absolute Gasteiger partial charge is 0.468 e. The number of esters is 1. The molecular formula is C26H36O6. The summed E-state index contributed by atoms with van der Waals surface area (Å²) in [4.78, 5) is 12.5. The Hall–Kier alpha value is -1.89. The molecule has 0 aliphatic heterocycles. The third kappa shape index (κ3) is 4.33. The van der Waals surface area contributed by atoms with Gasteiger partial charge in [0, 0.05) is 14.2 Å². The van der Waals surface area contributed by atoms with E-state index in [0.29, 0.717) is 31.2 Å². The molecule has 0 saturated heterocycles. The van der Waals surface area contributed by atoms with Gasteiger partial charge in [-0.15, -0.1) is 0 Å². The van der Waals surface area contributed by atoms with Crippen LogP contribution in [0.2, 0.25) is 0 Å². The Kier molecular flexibility index (Phi) is 7.23. The van der Waals surface area contributed by atoms with E-state index < -0.39 is 0 Å². The Balaban J connectivity index is 1.67. The van der Waals surface area contributed by atoms with Crippen molar-refractivity contribution < 1.29 is 28.5 Å². The van der Waals surface area contributed by atoms with Gasteiger partial charge in [0.2, 0.25) is 0 Å². The number of benzene rings is 1. The topological polar surface area (TPSA) is 63.2 Å². The first-order valence-electron chi connectivity index (χ1n) is 11.7. The number of rotatable bonds is 9. The highest BCUT2D eigenvalue weighted by atomic mass is 16.7. The van der Waals surface area contributed by atoms with Gasteiger partial charge in [0.25, 0.3) is 0 Å². The second-order valence-electron chi connectivity index (χ2n) is 9.45. The van der Waals surface area contributed by atoms with Crippen LogP contribution in [0.4, 0.5) is 0 Å². The molecule has 0 radical (unpaired) electrons. The van der Waals surface area contributed by atoms with Crippen molar-refractivity contribution in [2.45, 2.75) is 58.0 Å². The molecule has 6 heteroatoms. The number of allylic oxidation sites excluding steroid dienone is 1. The van der Waals surface area contributed by atoms with Crippen molar-refractivity contribution in [3.63, 3.8) is 0 Å². The summed E-state index contributed by atoms with van der Waals surface area (Å²) in [7, 11) is 3.29. The van der Waals surface area contributed by atoms with Crippen LogP contribution in [0.25, 0.3) is 5.57 Å². The number of carbonyl (C=O) groups excluding carboxylic acids is 1. The van der Waals surface area contributed by atoms with Crippen LogP contribution in [0.1, 0.15) is 63.0 Å². The van der Waals surface area contributed by atoms with E-state index in [0.717, 1.165) is 42.6 Å². The minimum atomic E-state index is -0.183. The number of hydrogen-bond donors (Lipinski definition) is 0. The molecule has 0 heterocycles. The van der Waals surface area contributed by atoms with Gasteiger partial charge in [0.15, 0.2) is 6.79 Å². The van der Waals surface area contributed by atoms with Crippen LogP contribution in [0, 0.1) is 17.3 Å². The van der Waals surface area contributed by atoms with E-state index in [-0.39, 0.29) is 30.7 Å². The van der Waals surface area contributed by atoms with Crippen molar-refractivity contribution in [2.24, 2.45) is 17.3 Å². The van der Waals surface area contributed by atoms with Crippen molar-refractivity contribution in [3.8, 4) is 5.75 Å². The number of carbonyl (C=O) groups is 1. The van der Waals surface area contributed by atoms with Gasteiger partial charge in [0.1, 0.15) is 12.5 Å². The van der Waals surface area contributed by atoms with Gasteiger partial charge in [-0.1, -0.05) is 19.1 Å². The first-order chi connectivity index (χ1) is 15.5. The summed E-state index contributed by atoms with van der Waals surface area (Å²) in [5.41, 5.74) is 3.61. The van der Waals surface area contributed by atoms with Crippen LogP contribution in [0.5, 0.6) is 5.75 Å². The van der Waals surface area contributed by atoms with E-state index in [9.17, 15) is 4.79 Å². The van der Waals surface area contributed by atoms with Gasteiger partial charge < -0.3 is 23.7 Å². The van der Waals surface area contributed by atoms with Gasteiger partial charge in [-0.05, 0) is 84.6 Å². The Bertz CT molecular complexity index is 849. The molecule has 176 valence electrons. The Morgan fingerprint density at radius 1 is 1.12 bits per heavy atom. The zero-order valence-electron chi connectivity index (χ0n) is 19.7. The van der Waals surface area contributed by atoms with Crippen LogP contribution in [0.3, 0.4) is 0 Å². The lowest BCUT2D eigenvalue weighted by Gasteiger charge is -2.49. The summed E-state index contributed by atoms with van der Waals surface area (Å²) in [6, 6.07) is 6.27. The standard InChI is InChI=1S/C26H36O6/c1-5-30-25(27)13-17-12-22-20(19-7-6-18(14-21(17)19)31-15-28-3)10-11-26(2)23(22)8-9-24(26)32-16-29-4/h6-7,12,14,20,22-24H,5,8-11,13,15-16H2,1-4H3/t20-,22-,23+,24+,26+/m1/s1. The van der Waals surface area contributed by atoms with Gasteiger partial charge >= 0.3 is 5.97 Å². The Morgan fingerprint density at radius 2 is 1.94 bits per heavy atom. The van der Waals surface area contributed by atoms with Crippen LogP contribution in [-0.4, -0.2) is 46.5 Å². The summed E-state index contributed by atoms with van der Waals surface area (Å²) in [6.45, 7) is 5.17. The molecule has 0 aromatic heterocycles. The Labute approximate surface area is 191 Å². The fourth-order valence-corrected chi connectivity index (χ4v) is 6.36. The average Bonchev–Trinajstić information content (AvgIpc) is 3.12. The second-order valence-corrected chi connectivity index (χ2v) is 9.45. The number of ether oxygens (including phenoxy) is 5. The lowest BCUT2D eigenvalue weighted by Crippen LogP contribution is -2.44. The second kappa shape index (κ2) is 9.94. The summed E-state index contributed by atoms with van der Waals surface area (Å²) in [6.07, 6.45) is 7.32. The Morgan fingerprint density at radius 3 is 2.69 bits per heavy atom. The molecule has 0 amide bonds. The lowest BCUT2D eigenvalue weighted by atomic mass is 9.56. The molecule has 0 unspecified atom stereocenters. The minimum Gasteiger partial charge on any atom is -0.468 e. The van der Waals surface area contributed by atoms with E-state index in [4.69, 9.17) is 23.7 Å². The van der Waals surface area contributed by atoms with E-state index >= 15 is 0 Å². The molecule has 2 saturated carbocycles. The number of fused-ring (bicyclic) bond motifs is 5. The quantitative estimate of drug-likeness (QED) is 0.398. The molecule has 0 spiro atoms. The van der Waals surface area contributed by atoms with Crippen LogP contribution in [-0.2, 0) is 23.7 Å². The highest BCUT2D eigenvalue weighted by Crippen LogP contribution is 2.61. The van der Waals surface area contributed by atoms with E-state index in [1.54, 1.807) is 14.2 Å². The third-order valence-electron chi connectivity index (χ3n) is 7.78. The maximum Gasteiger partial charge on any atom is 0.310 e. The maximum atomic E-state index is 12.5. The molecule has 1 aromatic carbocycles. The van der Waals surface area contributed by atoms with Crippen molar-refractivity contribution in [1.29, 1.82) is 0 Å². The van der Waals surface area contributed by atoms with Crippen molar-refractivity contribution >= 4 is 11.5 Å². The fraction of sp³-hybridized carbons (Fsp3) is 0.654. The number of methoxy groups -OCH3 is 2. The average molecular weight is 445 g/mol. The smallest absolute Gasteiger partial charge is 0.310 e. The molecule has 3 aliphatic rings. The molecule has 32 heavy (non-hydrogen) atoms. The van der Waals surface area contributed by atoms with E-state index in [2.05, 4.69) is 25.1 Å². The van der Waals surface area contributed by atoms with Crippen LogP contribution >= 0.6 is 0 Å².